The molecular weight excluding hydrogens is 274 g/mol. The third-order valence-corrected chi connectivity index (χ3v) is 2.93. The molecule has 1 amide bonds. The number of aromatic amines is 1. The maximum atomic E-state index is 12.1. The normalized spacial score (nSPS) is 11.9. The van der Waals surface area contributed by atoms with Crippen LogP contribution in [-0.2, 0) is 4.79 Å². The SMILES string of the molecule is O=C(NCC[C@H](O)C(=O)O)c1cn[nH]c1-c1ccccc1. The van der Waals surface area contributed by atoms with E-state index in [-0.39, 0.29) is 18.9 Å². The van der Waals surface area contributed by atoms with Gasteiger partial charge in [0.25, 0.3) is 5.91 Å². The maximum absolute atomic E-state index is 12.1. The Hall–Kier alpha value is -2.67. The summed E-state index contributed by atoms with van der Waals surface area (Å²) in [4.78, 5) is 22.5. The molecule has 0 unspecified atom stereocenters. The molecule has 4 N–H and O–H groups in total. The van der Waals surface area contributed by atoms with Gasteiger partial charge in [-0.3, -0.25) is 9.89 Å². The molecule has 0 bridgehead atoms. The van der Waals surface area contributed by atoms with Crippen LogP contribution in [-0.4, -0.2) is 44.9 Å². The van der Waals surface area contributed by atoms with Gasteiger partial charge in [-0.1, -0.05) is 30.3 Å². The van der Waals surface area contributed by atoms with Crippen LogP contribution in [0.5, 0.6) is 0 Å². The number of aliphatic hydroxyl groups is 1. The highest BCUT2D eigenvalue weighted by molar-refractivity contribution is 5.99. The number of aliphatic carboxylic acids is 1. The van der Waals surface area contributed by atoms with Crippen LogP contribution < -0.4 is 5.32 Å². The summed E-state index contributed by atoms with van der Waals surface area (Å²) >= 11 is 0. The molecule has 1 aromatic heterocycles. The first kappa shape index (κ1) is 14.7. The molecule has 0 saturated heterocycles. The van der Waals surface area contributed by atoms with Gasteiger partial charge in [-0.05, 0) is 0 Å². The molecule has 1 atom stereocenters. The number of aromatic nitrogens is 2. The molecule has 0 fully saturated rings. The zero-order chi connectivity index (χ0) is 15.2. The van der Waals surface area contributed by atoms with Crippen molar-refractivity contribution in [1.29, 1.82) is 0 Å². The molecule has 0 radical (unpaired) electrons. The van der Waals surface area contributed by atoms with Gasteiger partial charge in [0.05, 0.1) is 17.5 Å². The average molecular weight is 289 g/mol. The van der Waals surface area contributed by atoms with E-state index in [0.717, 1.165) is 5.56 Å². The molecule has 0 aliphatic carbocycles. The molecule has 7 nitrogen and oxygen atoms in total. The zero-order valence-electron chi connectivity index (χ0n) is 11.1. The number of benzene rings is 1. The summed E-state index contributed by atoms with van der Waals surface area (Å²) in [6.07, 6.45) is -0.131. The number of carboxylic acids is 1. The molecule has 1 aromatic carbocycles. The molecular formula is C14H15N3O4. The van der Waals surface area contributed by atoms with Gasteiger partial charge in [0.15, 0.2) is 6.10 Å². The van der Waals surface area contributed by atoms with Crippen LogP contribution in [0, 0.1) is 0 Å². The number of carbonyl (C=O) groups is 2. The van der Waals surface area contributed by atoms with Crippen LogP contribution in [0.3, 0.4) is 0 Å². The number of hydrogen-bond donors (Lipinski definition) is 4. The summed E-state index contributed by atoms with van der Waals surface area (Å²) in [5.41, 5.74) is 1.78. The Morgan fingerprint density at radius 1 is 1.29 bits per heavy atom. The number of carboxylic acid groups (broad SMARTS) is 1. The molecule has 0 aliphatic rings. The predicted molar refractivity (Wildman–Crippen MR) is 74.6 cm³/mol. The van der Waals surface area contributed by atoms with E-state index < -0.39 is 12.1 Å². The third kappa shape index (κ3) is 3.67. The Kier molecular flexibility index (Phi) is 4.68. The topological polar surface area (TPSA) is 115 Å². The Labute approximate surface area is 120 Å². The molecule has 2 rings (SSSR count). The number of aliphatic hydroxyl groups excluding tert-OH is 1. The van der Waals surface area contributed by atoms with Gasteiger partial charge in [-0.15, -0.1) is 0 Å². The van der Waals surface area contributed by atoms with E-state index >= 15 is 0 Å². The zero-order valence-corrected chi connectivity index (χ0v) is 11.1. The van der Waals surface area contributed by atoms with Gasteiger partial charge in [0, 0.05) is 18.5 Å². The van der Waals surface area contributed by atoms with Crippen molar-refractivity contribution >= 4 is 11.9 Å². The van der Waals surface area contributed by atoms with Gasteiger partial charge in [0.2, 0.25) is 0 Å². The van der Waals surface area contributed by atoms with Crippen molar-refractivity contribution in [3.63, 3.8) is 0 Å². The van der Waals surface area contributed by atoms with Crippen LogP contribution in [0.1, 0.15) is 16.8 Å². The summed E-state index contributed by atoms with van der Waals surface area (Å²) in [6.45, 7) is 0.0612. The monoisotopic (exact) mass is 289 g/mol. The lowest BCUT2D eigenvalue weighted by Crippen LogP contribution is -2.30. The van der Waals surface area contributed by atoms with E-state index in [4.69, 9.17) is 10.2 Å². The first-order chi connectivity index (χ1) is 10.1. The first-order valence-electron chi connectivity index (χ1n) is 6.37. The predicted octanol–water partition coefficient (Wildman–Crippen LogP) is 0.642. The van der Waals surface area contributed by atoms with Crippen LogP contribution in [0.4, 0.5) is 0 Å². The lowest BCUT2D eigenvalue weighted by atomic mass is 10.1. The fourth-order valence-corrected chi connectivity index (χ4v) is 1.82. The second-order valence-electron chi connectivity index (χ2n) is 4.42. The lowest BCUT2D eigenvalue weighted by molar-refractivity contribution is -0.146. The number of nitrogens with zero attached hydrogens (tertiary/aromatic N) is 1. The number of nitrogens with one attached hydrogen (secondary N) is 2. The Morgan fingerprint density at radius 3 is 2.67 bits per heavy atom. The van der Waals surface area contributed by atoms with Crippen molar-refractivity contribution < 1.29 is 19.8 Å². The minimum Gasteiger partial charge on any atom is -0.479 e. The fourth-order valence-electron chi connectivity index (χ4n) is 1.82. The highest BCUT2D eigenvalue weighted by atomic mass is 16.4. The minimum absolute atomic E-state index is 0.0560. The maximum Gasteiger partial charge on any atom is 0.332 e. The summed E-state index contributed by atoms with van der Waals surface area (Å²) in [5, 5.41) is 26.9. The molecule has 110 valence electrons. The van der Waals surface area contributed by atoms with Gasteiger partial charge in [-0.25, -0.2) is 4.79 Å². The molecule has 0 spiro atoms. The van der Waals surface area contributed by atoms with E-state index in [1.54, 1.807) is 0 Å². The van der Waals surface area contributed by atoms with Crippen molar-refractivity contribution in [2.75, 3.05) is 6.54 Å². The summed E-state index contributed by atoms with van der Waals surface area (Å²) in [5.74, 6) is -1.68. The number of H-pyrrole nitrogens is 1. The molecule has 1 heterocycles. The van der Waals surface area contributed by atoms with E-state index in [2.05, 4.69) is 15.5 Å². The summed E-state index contributed by atoms with van der Waals surface area (Å²) in [7, 11) is 0. The minimum atomic E-state index is -1.48. The highest BCUT2D eigenvalue weighted by Crippen LogP contribution is 2.20. The van der Waals surface area contributed by atoms with Crippen LogP contribution >= 0.6 is 0 Å². The largest absolute Gasteiger partial charge is 0.479 e. The second-order valence-corrected chi connectivity index (χ2v) is 4.42. The lowest BCUT2D eigenvalue weighted by Gasteiger charge is -2.07. The molecule has 0 saturated carbocycles. The van der Waals surface area contributed by atoms with Crippen LogP contribution in [0.25, 0.3) is 11.3 Å². The van der Waals surface area contributed by atoms with E-state index in [0.29, 0.717) is 11.3 Å². The van der Waals surface area contributed by atoms with Crippen molar-refractivity contribution in [2.24, 2.45) is 0 Å². The van der Waals surface area contributed by atoms with Crippen molar-refractivity contribution in [3.05, 3.63) is 42.1 Å². The smallest absolute Gasteiger partial charge is 0.332 e. The standard InChI is InChI=1S/C14H15N3O4/c18-11(14(20)21)6-7-15-13(19)10-8-16-17-12(10)9-4-2-1-3-5-9/h1-5,8,11,18H,6-7H2,(H,15,19)(H,16,17)(H,20,21)/t11-/m0/s1. The van der Waals surface area contributed by atoms with Crippen molar-refractivity contribution in [2.45, 2.75) is 12.5 Å². The number of carbonyl (C=O) groups excluding carboxylic acids is 1. The third-order valence-electron chi connectivity index (χ3n) is 2.93. The Morgan fingerprint density at radius 2 is 2.00 bits per heavy atom. The average Bonchev–Trinajstić information content (AvgIpc) is 2.97. The first-order valence-corrected chi connectivity index (χ1v) is 6.37. The van der Waals surface area contributed by atoms with Crippen molar-refractivity contribution in [3.8, 4) is 11.3 Å². The number of amides is 1. The van der Waals surface area contributed by atoms with E-state index in [9.17, 15) is 9.59 Å². The van der Waals surface area contributed by atoms with E-state index in [1.165, 1.54) is 6.20 Å². The summed E-state index contributed by atoms with van der Waals surface area (Å²) < 4.78 is 0. The quantitative estimate of drug-likeness (QED) is 0.623. The van der Waals surface area contributed by atoms with Gasteiger partial charge in [-0.2, -0.15) is 5.10 Å². The Bertz CT molecular complexity index is 624. The molecule has 21 heavy (non-hydrogen) atoms. The van der Waals surface area contributed by atoms with Gasteiger partial charge in [0.1, 0.15) is 0 Å². The highest BCUT2D eigenvalue weighted by Gasteiger charge is 2.16. The second kappa shape index (κ2) is 6.67. The Balaban J connectivity index is 2.01. The van der Waals surface area contributed by atoms with E-state index in [1.807, 2.05) is 30.3 Å². The van der Waals surface area contributed by atoms with Crippen LogP contribution in [0.15, 0.2) is 36.5 Å². The molecule has 7 heteroatoms. The number of rotatable bonds is 6. The van der Waals surface area contributed by atoms with Crippen LogP contribution in [0.2, 0.25) is 0 Å². The molecule has 0 aliphatic heterocycles. The van der Waals surface area contributed by atoms with Gasteiger partial charge >= 0.3 is 5.97 Å². The van der Waals surface area contributed by atoms with Gasteiger partial charge < -0.3 is 15.5 Å². The molecule has 2 aromatic rings. The number of hydrogen-bond acceptors (Lipinski definition) is 4. The summed E-state index contributed by atoms with van der Waals surface area (Å²) in [6, 6.07) is 9.26. The fraction of sp³-hybridized carbons (Fsp3) is 0.214. The van der Waals surface area contributed by atoms with Crippen molar-refractivity contribution in [1.82, 2.24) is 15.5 Å².